The molecule has 97 heavy (non-hydrogen) atoms. The molecule has 0 radical (unpaired) electrons. The molecule has 12 aliphatic rings. The normalized spacial score (nSPS) is 52.2. The van der Waals surface area contributed by atoms with Crippen LogP contribution in [0.3, 0.4) is 0 Å². The molecule has 12 aliphatic carbocycles. The molecule has 0 aromatic carbocycles. The lowest BCUT2D eigenvalue weighted by Crippen LogP contribution is -2.39. The van der Waals surface area contributed by atoms with Crippen LogP contribution in [0.15, 0.2) is 0 Å². The van der Waals surface area contributed by atoms with Gasteiger partial charge in [0, 0.05) is 0 Å². The summed E-state index contributed by atoms with van der Waals surface area (Å²) in [4.78, 5) is 0. The van der Waals surface area contributed by atoms with E-state index >= 15 is 0 Å². The van der Waals surface area contributed by atoms with Crippen LogP contribution in [0.1, 0.15) is 371 Å². The van der Waals surface area contributed by atoms with E-state index in [0.29, 0.717) is 0 Å². The molecule has 0 bridgehead atoms. The van der Waals surface area contributed by atoms with Crippen LogP contribution >= 0.6 is 0 Å². The summed E-state index contributed by atoms with van der Waals surface area (Å²) < 4.78 is 0. The zero-order valence-electron chi connectivity index (χ0n) is 73.7. The van der Waals surface area contributed by atoms with E-state index in [-0.39, 0.29) is 0 Å². The van der Waals surface area contributed by atoms with E-state index in [0.717, 1.165) is 249 Å². The summed E-state index contributed by atoms with van der Waals surface area (Å²) in [5, 5.41) is 0. The van der Waals surface area contributed by atoms with Crippen LogP contribution in [0.25, 0.3) is 0 Å². The zero-order valence-corrected chi connectivity index (χ0v) is 73.7. The van der Waals surface area contributed by atoms with Gasteiger partial charge in [0.1, 0.15) is 0 Å². The van der Waals surface area contributed by atoms with Gasteiger partial charge in [-0.3, -0.25) is 0 Å². The Hall–Kier alpha value is 0. The highest BCUT2D eigenvalue weighted by Gasteiger charge is 2.49. The third-order valence-electron chi connectivity index (χ3n) is 35.9. The maximum atomic E-state index is 2.49. The number of hydrogen-bond acceptors (Lipinski definition) is 0. The maximum Gasteiger partial charge on any atom is -0.0329 e. The van der Waals surface area contributed by atoms with E-state index in [4.69, 9.17) is 0 Å². The molecule has 36 atom stereocenters. The van der Waals surface area contributed by atoms with E-state index in [1.54, 1.807) is 0 Å². The summed E-state index contributed by atoms with van der Waals surface area (Å²) in [5.41, 5.74) is 0. The van der Waals surface area contributed by atoms with Crippen molar-refractivity contribution < 1.29 is 0 Å². The van der Waals surface area contributed by atoms with E-state index in [2.05, 4.69) is 249 Å². The average Bonchev–Trinajstić information content (AvgIpc) is 1.64. The predicted molar refractivity (Wildman–Crippen MR) is 439 cm³/mol. The molecule has 0 N–H and O–H groups in total. The Kier molecular flexibility index (Phi) is 38.0. The van der Waals surface area contributed by atoms with Gasteiger partial charge in [-0.15, -0.1) is 0 Å². The second kappa shape index (κ2) is 41.2. The van der Waals surface area contributed by atoms with Crippen LogP contribution in [-0.2, 0) is 0 Å². The second-order valence-electron chi connectivity index (χ2n) is 42.3. The van der Waals surface area contributed by atoms with Crippen molar-refractivity contribution in [3.8, 4) is 0 Å². The Morgan fingerprint density at radius 2 is 0.371 bits per heavy atom. The van der Waals surface area contributed by atoms with Crippen LogP contribution in [0.4, 0.5) is 0 Å². The third-order valence-corrected chi connectivity index (χ3v) is 35.9. The largest absolute Gasteiger partial charge is 0.0651 e. The monoisotopic (exact) mass is 1350 g/mol. The lowest BCUT2D eigenvalue weighted by atomic mass is 9.60. The molecule has 0 saturated heterocycles. The summed E-state index contributed by atoms with van der Waals surface area (Å²) in [7, 11) is 0. The molecule has 0 spiro atoms. The van der Waals surface area contributed by atoms with Crippen LogP contribution in [0.2, 0.25) is 0 Å². The molecule has 0 amide bonds. The van der Waals surface area contributed by atoms with Gasteiger partial charge >= 0.3 is 0 Å². The van der Waals surface area contributed by atoms with Crippen molar-refractivity contribution in [3.05, 3.63) is 0 Å². The molecule has 0 nitrogen and oxygen atoms in total. The standard InChI is InChI=1S/C14H26.C13H24.C12H22.C11H22.3C10H20.C9H18.C8H16/c1-5-12-8-14-11(4)6-10(3)13(14)7-9(12)2;1-8-6-12-10(3)5-11(4)13(12)7-9(8)2;1-7-5-8(2)12-10(4)6-9(3)11(7)12;1-5-11-7-9(3)8(2)6-10(11)4;1-7-5-9(3)10(4)6-8(7)2;1-7-5-6-8(2)10(4)9(7)3;1-5-10-8(3)6-7(2)9(10)4;1-6-5-7(2)9(4)8(6)3;1-5-6(2)8(4)7(5)3/h9-14H,5-8H2,1-4H3;8-13H,5-7H2,1-4H3;7-12H,5-6H2,1-4H3;8-11H,5-7H2,1-4H3;3*7-10H,5-6H2,1-4H3;6-9H,5H2,1-4H3;5-8H,1-4H3. The lowest BCUT2D eigenvalue weighted by Gasteiger charge is -2.45. The maximum absolute atomic E-state index is 2.49. The Balaban J connectivity index is 0.000000233. The topological polar surface area (TPSA) is 0 Å². The van der Waals surface area contributed by atoms with Crippen LogP contribution in [0, 0.1) is 249 Å². The molecule has 0 aliphatic heterocycles. The van der Waals surface area contributed by atoms with E-state index in [9.17, 15) is 0 Å². The van der Waals surface area contributed by atoms with Gasteiger partial charge in [-0.2, -0.15) is 0 Å². The van der Waals surface area contributed by atoms with Gasteiger partial charge in [0.15, 0.2) is 0 Å². The summed E-state index contributed by atoms with van der Waals surface area (Å²) in [6.45, 7) is 86.9. The van der Waals surface area contributed by atoms with Crippen LogP contribution < -0.4 is 0 Å². The minimum absolute atomic E-state index is 0.948. The highest BCUT2D eigenvalue weighted by molar-refractivity contribution is 4.98. The first-order valence-corrected chi connectivity index (χ1v) is 45.1. The Morgan fingerprint density at radius 1 is 0.155 bits per heavy atom. The molecule has 12 rings (SSSR count). The second-order valence-corrected chi connectivity index (χ2v) is 42.3. The average molecular weight is 1350 g/mol. The van der Waals surface area contributed by atoms with Crippen molar-refractivity contribution in [1.29, 1.82) is 0 Å². The zero-order chi connectivity index (χ0) is 73.7. The SMILES string of the molecule is CC1C(C)C(C)C1C.CC1CC(C)C(C)C1C.CC1CC(C)C(C)CC1C.CC1CC(C)C2C(C)CC(C)C12.CC1CC2C(C)CC(C)C2CC1C.CC1CCC(C)C(C)C1C.CCC1C(C)CC(C)C1C.CCC1CC(C)C(C)CC1C.CCC1CC2C(C)CC(C)C2CC1C. The Morgan fingerprint density at radius 3 is 0.649 bits per heavy atom. The highest BCUT2D eigenvalue weighted by Crippen LogP contribution is 2.57. The lowest BCUT2D eigenvalue weighted by molar-refractivity contribution is 0.0302. The number of fused-ring (bicyclic) bond motifs is 3. The van der Waals surface area contributed by atoms with Gasteiger partial charge < -0.3 is 0 Å². The fraction of sp³-hybridized carbons (Fsp3) is 1.00. The first-order valence-electron chi connectivity index (χ1n) is 45.1. The summed E-state index contributed by atoms with van der Waals surface area (Å²) in [6, 6.07) is 0. The molecule has 0 aromatic rings. The van der Waals surface area contributed by atoms with Crippen molar-refractivity contribution in [2.75, 3.05) is 0 Å². The third kappa shape index (κ3) is 24.3. The molecular weight excluding hydrogens is 1170 g/mol. The molecule has 36 unspecified atom stereocenters. The minimum Gasteiger partial charge on any atom is -0.0651 e. The molecular formula is C97H188. The molecule has 12 fully saturated rings. The van der Waals surface area contributed by atoms with E-state index in [1.165, 1.54) is 122 Å². The molecule has 0 aromatic heterocycles. The van der Waals surface area contributed by atoms with Gasteiger partial charge in [0.2, 0.25) is 0 Å². The summed E-state index contributed by atoms with van der Waals surface area (Å²) in [6.07, 6.45) is 27.9. The molecule has 576 valence electrons. The van der Waals surface area contributed by atoms with Crippen LogP contribution in [0.5, 0.6) is 0 Å². The van der Waals surface area contributed by atoms with Crippen molar-refractivity contribution in [2.45, 2.75) is 371 Å². The highest BCUT2D eigenvalue weighted by atomic mass is 14.5. The van der Waals surface area contributed by atoms with E-state index < -0.39 is 0 Å². The fourth-order valence-corrected chi connectivity index (χ4v) is 25.9. The van der Waals surface area contributed by atoms with Crippen LogP contribution in [-0.4, -0.2) is 0 Å². The first kappa shape index (κ1) is 89.4. The molecule has 0 heterocycles. The summed E-state index contributed by atoms with van der Waals surface area (Å²) >= 11 is 0. The van der Waals surface area contributed by atoms with Gasteiger partial charge in [-0.05, 0) is 338 Å². The van der Waals surface area contributed by atoms with Gasteiger partial charge in [0.05, 0.1) is 0 Å². The Bertz CT molecular complexity index is 1940. The quantitative estimate of drug-likeness (QED) is 0.264. The van der Waals surface area contributed by atoms with Gasteiger partial charge in [-0.25, -0.2) is 0 Å². The van der Waals surface area contributed by atoms with E-state index in [1.807, 2.05) is 0 Å². The van der Waals surface area contributed by atoms with Crippen molar-refractivity contribution in [3.63, 3.8) is 0 Å². The molecule has 12 saturated carbocycles. The van der Waals surface area contributed by atoms with Gasteiger partial charge in [-0.1, -0.05) is 281 Å². The van der Waals surface area contributed by atoms with Crippen molar-refractivity contribution in [1.82, 2.24) is 0 Å². The summed E-state index contributed by atoms with van der Waals surface area (Å²) in [5.74, 6) is 41.8. The predicted octanol–water partition coefficient (Wildman–Crippen LogP) is 31.0. The van der Waals surface area contributed by atoms with Gasteiger partial charge in [0.25, 0.3) is 0 Å². The molecule has 0 heteroatoms. The number of hydrogen-bond donors (Lipinski definition) is 0. The van der Waals surface area contributed by atoms with Crippen molar-refractivity contribution in [2.24, 2.45) is 249 Å². The first-order chi connectivity index (χ1) is 45.1. The number of rotatable bonds is 3. The van der Waals surface area contributed by atoms with Crippen molar-refractivity contribution >= 4 is 0 Å². The Labute approximate surface area is 616 Å². The fourth-order valence-electron chi connectivity index (χ4n) is 25.9. The minimum atomic E-state index is 0.948. The smallest absolute Gasteiger partial charge is 0.0329 e.